The number of aromatic amines is 1. The van der Waals surface area contributed by atoms with Crippen LogP contribution in [0.4, 0.5) is 5.69 Å². The molecule has 0 fully saturated rings. The zero-order valence-corrected chi connectivity index (χ0v) is 19.0. The van der Waals surface area contributed by atoms with Gasteiger partial charge in [0.1, 0.15) is 6.54 Å². The van der Waals surface area contributed by atoms with Crippen molar-refractivity contribution in [2.75, 3.05) is 5.32 Å². The third-order valence-electron chi connectivity index (χ3n) is 4.65. The number of hydrogen-bond donors (Lipinski definition) is 2. The molecule has 4 aromatic rings. The summed E-state index contributed by atoms with van der Waals surface area (Å²) in [7, 11) is 0. The molecular weight excluding hydrogens is 432 g/mol. The molecule has 2 N–H and O–H groups in total. The predicted molar refractivity (Wildman–Crippen MR) is 126 cm³/mol. The summed E-state index contributed by atoms with van der Waals surface area (Å²) in [5.74, 6) is 0.519. The number of aryl methyl sites for hydroxylation is 2. The predicted octanol–water partition coefficient (Wildman–Crippen LogP) is 6.08. The Bertz CT molecular complexity index is 1220. The number of rotatable bonds is 6. The van der Waals surface area contributed by atoms with E-state index in [4.69, 9.17) is 12.2 Å². The van der Waals surface area contributed by atoms with Gasteiger partial charge in [0.15, 0.2) is 10.6 Å². The van der Waals surface area contributed by atoms with E-state index in [1.807, 2.05) is 41.8 Å². The standard InChI is InChI=1S/C22H20N4OS3/c1-14-5-8-18(12-15(14)2)30-17-9-6-16(7-10-17)23-20(27)13-26-21(24-25-22(26)28)19-4-3-11-29-19/h3-12H,13H2,1-2H3,(H,23,27)(H,25,28). The average molecular weight is 453 g/mol. The maximum absolute atomic E-state index is 12.6. The lowest BCUT2D eigenvalue weighted by Gasteiger charge is -2.09. The van der Waals surface area contributed by atoms with Gasteiger partial charge in [-0.25, -0.2) is 0 Å². The van der Waals surface area contributed by atoms with Gasteiger partial charge in [-0.2, -0.15) is 5.10 Å². The van der Waals surface area contributed by atoms with Crippen molar-refractivity contribution in [3.8, 4) is 10.7 Å². The Morgan fingerprint density at radius 3 is 2.60 bits per heavy atom. The minimum absolute atomic E-state index is 0.0989. The van der Waals surface area contributed by atoms with Crippen molar-refractivity contribution in [2.24, 2.45) is 0 Å². The molecule has 0 unspecified atom stereocenters. The number of benzene rings is 2. The molecule has 5 nitrogen and oxygen atoms in total. The molecule has 0 aliphatic rings. The highest BCUT2D eigenvalue weighted by atomic mass is 32.2. The van der Waals surface area contributed by atoms with Gasteiger partial charge >= 0.3 is 0 Å². The molecule has 8 heteroatoms. The molecular formula is C22H20N4OS3. The first-order chi connectivity index (χ1) is 14.5. The Hall–Kier alpha value is -2.68. The average Bonchev–Trinajstić information content (AvgIpc) is 3.37. The summed E-state index contributed by atoms with van der Waals surface area (Å²) in [5, 5.41) is 11.9. The minimum atomic E-state index is -0.153. The van der Waals surface area contributed by atoms with Crippen LogP contribution in [-0.2, 0) is 11.3 Å². The number of nitrogens with one attached hydrogen (secondary N) is 2. The van der Waals surface area contributed by atoms with Gasteiger partial charge in [-0.3, -0.25) is 14.5 Å². The van der Waals surface area contributed by atoms with Crippen molar-refractivity contribution in [1.29, 1.82) is 0 Å². The molecule has 1 amide bonds. The smallest absolute Gasteiger partial charge is 0.244 e. The van der Waals surface area contributed by atoms with E-state index < -0.39 is 0 Å². The summed E-state index contributed by atoms with van der Waals surface area (Å²) in [4.78, 5) is 15.9. The number of aromatic nitrogens is 3. The number of carbonyl (C=O) groups excluding carboxylic acids is 1. The van der Waals surface area contributed by atoms with Crippen LogP contribution in [0.15, 0.2) is 69.8 Å². The second-order valence-electron chi connectivity index (χ2n) is 6.84. The number of thiophene rings is 1. The van der Waals surface area contributed by atoms with Crippen molar-refractivity contribution in [1.82, 2.24) is 14.8 Å². The Labute approximate surface area is 188 Å². The number of nitrogens with zero attached hydrogens (tertiary/aromatic N) is 2. The summed E-state index contributed by atoms with van der Waals surface area (Å²) in [5.41, 5.74) is 3.32. The molecule has 0 aliphatic heterocycles. The number of carbonyl (C=O) groups is 1. The summed E-state index contributed by atoms with van der Waals surface area (Å²) >= 11 is 8.55. The SMILES string of the molecule is Cc1ccc(Sc2ccc(NC(=O)Cn3c(-c4cccs4)n[nH]c3=S)cc2)cc1C. The van der Waals surface area contributed by atoms with E-state index in [2.05, 4.69) is 47.6 Å². The molecule has 0 saturated heterocycles. The third-order valence-corrected chi connectivity index (χ3v) is 6.83. The van der Waals surface area contributed by atoms with Gasteiger partial charge in [-0.15, -0.1) is 11.3 Å². The number of H-pyrrole nitrogens is 1. The molecule has 2 aromatic carbocycles. The highest BCUT2D eigenvalue weighted by Crippen LogP contribution is 2.30. The lowest BCUT2D eigenvalue weighted by atomic mass is 10.1. The number of amides is 1. The van der Waals surface area contributed by atoms with E-state index in [0.717, 1.165) is 15.5 Å². The zero-order valence-electron chi connectivity index (χ0n) is 16.5. The van der Waals surface area contributed by atoms with Crippen LogP contribution in [-0.4, -0.2) is 20.7 Å². The van der Waals surface area contributed by atoms with Crippen molar-refractivity contribution in [3.05, 3.63) is 75.9 Å². The van der Waals surface area contributed by atoms with E-state index in [1.54, 1.807) is 27.7 Å². The number of anilines is 1. The van der Waals surface area contributed by atoms with Gasteiger partial charge in [0.05, 0.1) is 4.88 Å². The Morgan fingerprint density at radius 2 is 1.90 bits per heavy atom. The van der Waals surface area contributed by atoms with Gasteiger partial charge in [0.2, 0.25) is 5.91 Å². The first-order valence-electron chi connectivity index (χ1n) is 9.34. The van der Waals surface area contributed by atoms with E-state index >= 15 is 0 Å². The van der Waals surface area contributed by atoms with E-state index in [0.29, 0.717) is 10.6 Å². The van der Waals surface area contributed by atoms with E-state index in [1.165, 1.54) is 16.0 Å². The zero-order chi connectivity index (χ0) is 21.1. The summed E-state index contributed by atoms with van der Waals surface area (Å²) in [6, 6.07) is 18.2. The fourth-order valence-corrected chi connectivity index (χ4v) is 4.76. The maximum Gasteiger partial charge on any atom is 0.244 e. The Kier molecular flexibility index (Phi) is 6.17. The van der Waals surface area contributed by atoms with Gasteiger partial charge in [-0.05, 0) is 85.0 Å². The van der Waals surface area contributed by atoms with Crippen LogP contribution in [0, 0.1) is 18.6 Å². The largest absolute Gasteiger partial charge is 0.325 e. The Balaban J connectivity index is 1.41. The van der Waals surface area contributed by atoms with E-state index in [-0.39, 0.29) is 12.5 Å². The Morgan fingerprint density at radius 1 is 1.13 bits per heavy atom. The lowest BCUT2D eigenvalue weighted by Crippen LogP contribution is -2.19. The molecule has 2 heterocycles. The van der Waals surface area contributed by atoms with Crippen molar-refractivity contribution < 1.29 is 4.79 Å². The molecule has 0 saturated carbocycles. The van der Waals surface area contributed by atoms with Crippen LogP contribution in [0.5, 0.6) is 0 Å². The molecule has 4 rings (SSSR count). The fraction of sp³-hybridized carbons (Fsp3) is 0.136. The highest BCUT2D eigenvalue weighted by molar-refractivity contribution is 7.99. The summed E-state index contributed by atoms with van der Waals surface area (Å²) in [6.45, 7) is 4.33. The highest BCUT2D eigenvalue weighted by Gasteiger charge is 2.13. The van der Waals surface area contributed by atoms with E-state index in [9.17, 15) is 4.79 Å². The van der Waals surface area contributed by atoms with Gasteiger partial charge in [0, 0.05) is 15.5 Å². The monoisotopic (exact) mass is 452 g/mol. The first kappa shape index (κ1) is 20.6. The van der Waals surface area contributed by atoms with Crippen LogP contribution in [0.1, 0.15) is 11.1 Å². The topological polar surface area (TPSA) is 62.7 Å². The molecule has 30 heavy (non-hydrogen) atoms. The summed E-state index contributed by atoms with van der Waals surface area (Å²) < 4.78 is 2.13. The number of hydrogen-bond acceptors (Lipinski definition) is 5. The van der Waals surface area contributed by atoms with Gasteiger partial charge in [-0.1, -0.05) is 23.9 Å². The van der Waals surface area contributed by atoms with Gasteiger partial charge < -0.3 is 5.32 Å². The molecule has 0 radical (unpaired) electrons. The third kappa shape index (κ3) is 4.72. The second kappa shape index (κ2) is 8.99. The fourth-order valence-electron chi connectivity index (χ4n) is 2.92. The van der Waals surface area contributed by atoms with Crippen LogP contribution in [0.3, 0.4) is 0 Å². The molecule has 152 valence electrons. The molecule has 0 aliphatic carbocycles. The van der Waals surface area contributed by atoms with Crippen LogP contribution < -0.4 is 5.32 Å². The quantitative estimate of drug-likeness (QED) is 0.348. The van der Waals surface area contributed by atoms with Gasteiger partial charge in [0.25, 0.3) is 0 Å². The second-order valence-corrected chi connectivity index (χ2v) is 9.32. The van der Waals surface area contributed by atoms with Crippen molar-refractivity contribution >= 4 is 46.9 Å². The maximum atomic E-state index is 12.6. The molecule has 0 spiro atoms. The van der Waals surface area contributed by atoms with Crippen LogP contribution in [0.2, 0.25) is 0 Å². The normalized spacial score (nSPS) is 10.9. The molecule has 0 atom stereocenters. The lowest BCUT2D eigenvalue weighted by molar-refractivity contribution is -0.116. The minimum Gasteiger partial charge on any atom is -0.325 e. The van der Waals surface area contributed by atoms with Crippen molar-refractivity contribution in [2.45, 2.75) is 30.2 Å². The summed E-state index contributed by atoms with van der Waals surface area (Å²) in [6.07, 6.45) is 0. The van der Waals surface area contributed by atoms with Crippen LogP contribution >= 0.6 is 35.3 Å². The van der Waals surface area contributed by atoms with Crippen LogP contribution in [0.25, 0.3) is 10.7 Å². The first-order valence-corrected chi connectivity index (χ1v) is 11.4. The van der Waals surface area contributed by atoms with Crippen molar-refractivity contribution in [3.63, 3.8) is 0 Å². The molecule has 0 bridgehead atoms. The molecule has 2 aromatic heterocycles.